The summed E-state index contributed by atoms with van der Waals surface area (Å²) in [5.74, 6) is -0.0659. The molecule has 1 aromatic carbocycles. The van der Waals surface area contributed by atoms with Gasteiger partial charge in [0.2, 0.25) is 5.89 Å². The van der Waals surface area contributed by atoms with E-state index in [1.54, 1.807) is 32.0 Å². The van der Waals surface area contributed by atoms with Crippen LogP contribution in [-0.2, 0) is 24.5 Å². The number of carboxylic acids is 1. The molecular weight excluding hydrogens is 659 g/mol. The van der Waals surface area contributed by atoms with E-state index in [-0.39, 0.29) is 63.3 Å². The number of aromatic nitrogens is 2. The summed E-state index contributed by atoms with van der Waals surface area (Å²) in [5.41, 5.74) is 0.246. The third kappa shape index (κ3) is 5.13. The number of ketones is 1. The Hall–Kier alpha value is -3.36. The number of esters is 1. The van der Waals surface area contributed by atoms with Crippen molar-refractivity contribution in [3.63, 3.8) is 0 Å². The number of rotatable bonds is 7. The van der Waals surface area contributed by atoms with Crippen molar-refractivity contribution < 1.29 is 33.0 Å². The highest BCUT2D eigenvalue weighted by Crippen LogP contribution is 2.76. The van der Waals surface area contributed by atoms with Gasteiger partial charge in [0.15, 0.2) is 5.78 Å². The van der Waals surface area contributed by atoms with Crippen molar-refractivity contribution in [2.45, 2.75) is 138 Å². The highest BCUT2D eigenvalue weighted by atomic mass is 19.1. The Labute approximate surface area is 307 Å². The van der Waals surface area contributed by atoms with Crippen molar-refractivity contribution >= 4 is 17.7 Å². The number of carbonyl (C=O) groups is 3. The summed E-state index contributed by atoms with van der Waals surface area (Å²) >= 11 is 0. The Morgan fingerprint density at radius 3 is 2.35 bits per heavy atom. The maximum Gasteiger partial charge on any atom is 0.309 e. The Morgan fingerprint density at radius 2 is 1.67 bits per heavy atom. The summed E-state index contributed by atoms with van der Waals surface area (Å²) in [7, 11) is 0. The molecule has 1 aromatic heterocycles. The van der Waals surface area contributed by atoms with Crippen LogP contribution in [0.3, 0.4) is 0 Å². The molecule has 2 aromatic rings. The van der Waals surface area contributed by atoms with Gasteiger partial charge in [-0.1, -0.05) is 60.6 Å². The molecular formula is C43H57FN2O6. The lowest BCUT2D eigenvalue weighted by Crippen LogP contribution is -2.66. The van der Waals surface area contributed by atoms with Crippen LogP contribution in [0.25, 0.3) is 11.5 Å². The van der Waals surface area contributed by atoms with Gasteiger partial charge >= 0.3 is 11.9 Å². The Kier molecular flexibility index (Phi) is 8.59. The molecule has 0 bridgehead atoms. The normalized spacial score (nSPS) is 36.9. The highest BCUT2D eigenvalue weighted by molar-refractivity contribution is 6.01. The van der Waals surface area contributed by atoms with Gasteiger partial charge in [0.25, 0.3) is 5.89 Å². The molecule has 5 aliphatic rings. The van der Waals surface area contributed by atoms with Gasteiger partial charge in [0.1, 0.15) is 11.9 Å². The third-order valence-corrected chi connectivity index (χ3v) is 15.7. The number of halogens is 1. The van der Waals surface area contributed by atoms with Crippen molar-refractivity contribution in [2.24, 2.45) is 50.7 Å². The zero-order chi connectivity index (χ0) is 37.8. The molecule has 52 heavy (non-hydrogen) atoms. The molecule has 0 amide bonds. The fraction of sp³-hybridized carbons (Fsp3) is 0.698. The van der Waals surface area contributed by atoms with Gasteiger partial charge in [-0.15, -0.1) is 10.2 Å². The lowest BCUT2D eigenvalue weighted by molar-refractivity contribution is -0.232. The zero-order valence-electron chi connectivity index (χ0n) is 32.5. The summed E-state index contributed by atoms with van der Waals surface area (Å²) < 4.78 is 27.4. The van der Waals surface area contributed by atoms with Gasteiger partial charge < -0.3 is 14.3 Å². The summed E-state index contributed by atoms with van der Waals surface area (Å²) in [6, 6.07) is 6.43. The van der Waals surface area contributed by atoms with Gasteiger partial charge in [-0.2, -0.15) is 0 Å². The van der Waals surface area contributed by atoms with Crippen LogP contribution in [0.1, 0.15) is 132 Å². The fourth-order valence-corrected chi connectivity index (χ4v) is 12.9. The van der Waals surface area contributed by atoms with E-state index in [9.17, 15) is 23.9 Å². The molecule has 4 saturated carbocycles. The van der Waals surface area contributed by atoms with Crippen molar-refractivity contribution in [3.05, 3.63) is 47.1 Å². The zero-order valence-corrected chi connectivity index (χ0v) is 32.5. The third-order valence-electron chi connectivity index (χ3n) is 15.7. The number of hydrogen-bond acceptors (Lipinski definition) is 7. The SMILES string of the molecule is CC(C)C1=C2[C@H]3CCC4[C@@]5(C)CC[C@H](OC(=O)CC(C)(C)C(=O)O)C(C)(C)[C@@H]5CC[C@@]4(C)[C@]3(C)CC[C@@]2(c2nnc(-c3ccccc3F)o2)CC1=O. The topological polar surface area (TPSA) is 120 Å². The maximum atomic E-state index is 14.8. The van der Waals surface area contributed by atoms with Crippen LogP contribution in [0.15, 0.2) is 39.8 Å². The van der Waals surface area contributed by atoms with E-state index in [1.165, 1.54) is 11.6 Å². The number of hydrogen-bond donors (Lipinski definition) is 1. The van der Waals surface area contributed by atoms with Crippen LogP contribution in [0, 0.1) is 56.6 Å². The molecule has 8 atom stereocenters. The first kappa shape index (κ1) is 37.0. The van der Waals surface area contributed by atoms with E-state index in [2.05, 4.69) is 58.7 Å². The van der Waals surface area contributed by atoms with Gasteiger partial charge in [-0.25, -0.2) is 4.39 Å². The molecule has 282 valence electrons. The first-order valence-electron chi connectivity index (χ1n) is 19.5. The predicted octanol–water partition coefficient (Wildman–Crippen LogP) is 9.52. The van der Waals surface area contributed by atoms with Crippen molar-refractivity contribution in [3.8, 4) is 11.5 Å². The van der Waals surface area contributed by atoms with Crippen LogP contribution in [-0.4, -0.2) is 39.1 Å². The molecule has 9 heteroatoms. The molecule has 1 unspecified atom stereocenters. The number of nitrogens with zero attached hydrogens (tertiary/aromatic N) is 2. The number of fused-ring (bicyclic) bond motifs is 7. The molecule has 8 nitrogen and oxygen atoms in total. The second kappa shape index (κ2) is 12.1. The maximum absolute atomic E-state index is 14.8. The van der Waals surface area contributed by atoms with Crippen LogP contribution in [0.4, 0.5) is 4.39 Å². The van der Waals surface area contributed by atoms with Crippen LogP contribution in [0.2, 0.25) is 0 Å². The number of carboxylic acid groups (broad SMARTS) is 1. The smallest absolute Gasteiger partial charge is 0.309 e. The molecule has 0 aliphatic heterocycles. The fourth-order valence-electron chi connectivity index (χ4n) is 12.9. The Balaban J connectivity index is 1.21. The number of Topliss-reactive ketones (excluding diaryl/α,β-unsaturated/α-hetero) is 1. The first-order chi connectivity index (χ1) is 24.2. The van der Waals surface area contributed by atoms with Crippen molar-refractivity contribution in [1.82, 2.24) is 10.2 Å². The van der Waals surface area contributed by atoms with Crippen LogP contribution >= 0.6 is 0 Å². The van der Waals surface area contributed by atoms with Gasteiger partial charge in [-0.3, -0.25) is 14.4 Å². The van der Waals surface area contributed by atoms with Crippen molar-refractivity contribution in [2.75, 3.05) is 0 Å². The Bertz CT molecular complexity index is 1840. The van der Waals surface area contributed by atoms with Crippen LogP contribution < -0.4 is 0 Å². The summed E-state index contributed by atoms with van der Waals surface area (Å²) in [5, 5.41) is 18.5. The van der Waals surface area contributed by atoms with E-state index in [1.807, 2.05) is 0 Å². The quantitative estimate of drug-likeness (QED) is 0.282. The average Bonchev–Trinajstić information content (AvgIpc) is 3.66. The number of allylic oxidation sites excluding steroid dienone is 2. The van der Waals surface area contributed by atoms with Gasteiger partial charge in [0, 0.05) is 11.8 Å². The van der Waals surface area contributed by atoms with Crippen LogP contribution in [0.5, 0.6) is 0 Å². The second-order valence-corrected chi connectivity index (χ2v) is 19.4. The molecule has 4 fully saturated rings. The monoisotopic (exact) mass is 716 g/mol. The standard InChI is InChI=1S/C43H57FN2O6/c1-24(2)33-28(47)22-43(36-46-45-35(52-36)25-12-10-11-13-27(25)44)21-20-41(8)26(34(33)43)14-15-30-40(7)18-17-31(51-32(48)23-38(3,4)37(49)50)39(5,6)29(40)16-19-42(30,41)9/h10-13,24,26,29-31H,14-23H2,1-9H3,(H,49,50)/t26-,29+,30?,31+,40+,41-,42-,43-/m1/s1. The minimum absolute atomic E-state index is 0.00628. The van der Waals surface area contributed by atoms with E-state index in [0.29, 0.717) is 24.1 Å². The molecule has 5 aliphatic carbocycles. The predicted molar refractivity (Wildman–Crippen MR) is 194 cm³/mol. The van der Waals surface area contributed by atoms with Crippen molar-refractivity contribution in [1.29, 1.82) is 0 Å². The Morgan fingerprint density at radius 1 is 0.962 bits per heavy atom. The van der Waals surface area contributed by atoms with Gasteiger partial charge in [0.05, 0.1) is 22.8 Å². The summed E-state index contributed by atoms with van der Waals surface area (Å²) in [4.78, 5) is 38.9. The highest BCUT2D eigenvalue weighted by Gasteiger charge is 2.71. The summed E-state index contributed by atoms with van der Waals surface area (Å²) in [6.45, 7) is 19.4. The number of ether oxygens (including phenoxy) is 1. The first-order valence-corrected chi connectivity index (χ1v) is 19.5. The average molecular weight is 717 g/mol. The van der Waals surface area contributed by atoms with E-state index in [4.69, 9.17) is 9.15 Å². The lowest BCUT2D eigenvalue weighted by Gasteiger charge is -2.72. The molecule has 0 saturated heterocycles. The number of aliphatic carboxylic acids is 1. The largest absolute Gasteiger partial charge is 0.481 e. The molecule has 7 rings (SSSR count). The van der Waals surface area contributed by atoms with Gasteiger partial charge in [-0.05, 0) is 128 Å². The summed E-state index contributed by atoms with van der Waals surface area (Å²) in [6.07, 6.45) is 7.34. The van der Waals surface area contributed by atoms with E-state index < -0.39 is 28.6 Å². The minimum atomic E-state index is -1.18. The van der Waals surface area contributed by atoms with E-state index in [0.717, 1.165) is 56.9 Å². The number of carbonyl (C=O) groups excluding carboxylic acids is 2. The van der Waals surface area contributed by atoms with E-state index >= 15 is 0 Å². The molecule has 0 spiro atoms. The lowest BCUT2D eigenvalue weighted by atomic mass is 9.33. The molecule has 1 N–H and O–H groups in total. The number of benzene rings is 1. The molecule has 0 radical (unpaired) electrons. The minimum Gasteiger partial charge on any atom is -0.481 e. The second-order valence-electron chi connectivity index (χ2n) is 19.4. The molecule has 1 heterocycles.